The van der Waals surface area contributed by atoms with Gasteiger partial charge in [-0.05, 0) is 42.5 Å². The topological polar surface area (TPSA) is 106 Å². The van der Waals surface area contributed by atoms with E-state index in [1.165, 1.54) is 6.33 Å². The van der Waals surface area contributed by atoms with E-state index in [1.54, 1.807) is 42.6 Å². The Kier molecular flexibility index (Phi) is 5.11. The summed E-state index contributed by atoms with van der Waals surface area (Å²) < 4.78 is 0. The maximum Gasteiger partial charge on any atom is 0.353 e. The van der Waals surface area contributed by atoms with Crippen LogP contribution in [0, 0.1) is 10.1 Å². The molecule has 0 spiro atoms. The minimum Gasteiger partial charge on any atom is -0.334 e. The molecule has 8 nitrogen and oxygen atoms in total. The van der Waals surface area contributed by atoms with Crippen molar-refractivity contribution >= 4 is 62.8 Å². The molecular formula is C19H12Cl2N6O2. The number of anilines is 4. The normalized spacial score (nSPS) is 10.7. The summed E-state index contributed by atoms with van der Waals surface area (Å²) >= 11 is 12.0. The molecule has 2 aromatic heterocycles. The van der Waals surface area contributed by atoms with Crippen molar-refractivity contribution in [3.63, 3.8) is 0 Å². The molecule has 0 aliphatic heterocycles. The highest BCUT2D eigenvalue weighted by atomic mass is 35.5. The highest BCUT2D eigenvalue weighted by Crippen LogP contribution is 2.35. The molecule has 0 fully saturated rings. The summed E-state index contributed by atoms with van der Waals surface area (Å²) in [4.78, 5) is 23.6. The first-order valence-electron chi connectivity index (χ1n) is 8.34. The molecule has 0 aliphatic carbocycles. The van der Waals surface area contributed by atoms with Crippen molar-refractivity contribution in [3.8, 4) is 0 Å². The van der Waals surface area contributed by atoms with Gasteiger partial charge in [0.25, 0.3) is 0 Å². The summed E-state index contributed by atoms with van der Waals surface area (Å²) in [6.45, 7) is 0. The van der Waals surface area contributed by atoms with Gasteiger partial charge in [0.15, 0.2) is 0 Å². The fraction of sp³-hybridized carbons (Fsp3) is 0. The molecule has 2 heterocycles. The van der Waals surface area contributed by atoms with E-state index in [2.05, 4.69) is 25.6 Å². The summed E-state index contributed by atoms with van der Waals surface area (Å²) in [6.07, 6.45) is 2.91. The predicted molar refractivity (Wildman–Crippen MR) is 113 cm³/mol. The number of aromatic nitrogens is 3. The standard InChI is InChI=1S/C19H12Cl2N6O2/c20-11-7-12(21)9-13(8-11)25-18-17(27(28)29)19(24-10-23-18)26-16-5-1-4-15-14(16)3-2-6-22-15/h1-10H,(H2,23,24,25,26). The Morgan fingerprint density at radius 2 is 1.62 bits per heavy atom. The smallest absolute Gasteiger partial charge is 0.334 e. The molecule has 0 aliphatic rings. The number of hydrogen-bond donors (Lipinski definition) is 2. The van der Waals surface area contributed by atoms with Gasteiger partial charge in [0.05, 0.1) is 10.4 Å². The third-order valence-corrected chi connectivity index (χ3v) is 4.47. The predicted octanol–water partition coefficient (Wildman–Crippen LogP) is 5.73. The van der Waals surface area contributed by atoms with Crippen molar-refractivity contribution in [2.24, 2.45) is 0 Å². The Balaban J connectivity index is 1.76. The van der Waals surface area contributed by atoms with Crippen molar-refractivity contribution in [2.45, 2.75) is 0 Å². The Bertz CT molecular complexity index is 1210. The zero-order chi connectivity index (χ0) is 20.4. The number of nitro groups is 1. The number of halogens is 2. The molecule has 0 saturated heterocycles. The zero-order valence-electron chi connectivity index (χ0n) is 14.6. The van der Waals surface area contributed by atoms with Crippen LogP contribution in [0.5, 0.6) is 0 Å². The molecule has 2 aromatic carbocycles. The summed E-state index contributed by atoms with van der Waals surface area (Å²) in [5.74, 6) is 0.0428. The summed E-state index contributed by atoms with van der Waals surface area (Å²) in [6, 6.07) is 13.8. The second-order valence-electron chi connectivity index (χ2n) is 5.96. The quantitative estimate of drug-likeness (QED) is 0.310. The van der Waals surface area contributed by atoms with E-state index < -0.39 is 4.92 Å². The van der Waals surface area contributed by atoms with Gasteiger partial charge in [0.2, 0.25) is 11.6 Å². The first-order chi connectivity index (χ1) is 14.0. The molecule has 0 amide bonds. The fourth-order valence-electron chi connectivity index (χ4n) is 2.84. The van der Waals surface area contributed by atoms with Crippen LogP contribution < -0.4 is 10.6 Å². The van der Waals surface area contributed by atoms with E-state index in [9.17, 15) is 10.1 Å². The van der Waals surface area contributed by atoms with Crippen LogP contribution in [0.1, 0.15) is 0 Å². The van der Waals surface area contributed by atoms with Gasteiger partial charge in [0, 0.05) is 33.0 Å². The monoisotopic (exact) mass is 426 g/mol. The minimum absolute atomic E-state index is 0.00388. The lowest BCUT2D eigenvalue weighted by Gasteiger charge is -2.12. The molecule has 144 valence electrons. The molecule has 0 bridgehead atoms. The van der Waals surface area contributed by atoms with E-state index >= 15 is 0 Å². The molecule has 4 aromatic rings. The number of hydrogen-bond acceptors (Lipinski definition) is 7. The average molecular weight is 427 g/mol. The maximum atomic E-state index is 11.8. The van der Waals surface area contributed by atoms with E-state index in [-0.39, 0.29) is 17.3 Å². The molecule has 2 N–H and O–H groups in total. The van der Waals surface area contributed by atoms with E-state index in [0.717, 1.165) is 10.9 Å². The van der Waals surface area contributed by atoms with Crippen molar-refractivity contribution < 1.29 is 4.92 Å². The lowest BCUT2D eigenvalue weighted by Crippen LogP contribution is -2.05. The summed E-state index contributed by atoms with van der Waals surface area (Å²) in [5, 5.41) is 19.3. The van der Waals surface area contributed by atoms with E-state index in [1.807, 2.05) is 12.1 Å². The average Bonchev–Trinajstić information content (AvgIpc) is 2.67. The second-order valence-corrected chi connectivity index (χ2v) is 6.83. The first-order valence-corrected chi connectivity index (χ1v) is 9.10. The Morgan fingerprint density at radius 3 is 2.34 bits per heavy atom. The number of pyridine rings is 1. The van der Waals surface area contributed by atoms with Crippen LogP contribution in [0.15, 0.2) is 61.1 Å². The SMILES string of the molecule is O=[N+]([O-])c1c(Nc2cc(Cl)cc(Cl)c2)ncnc1Nc1cccc2ncccc12. The van der Waals surface area contributed by atoms with Gasteiger partial charge in [0.1, 0.15) is 6.33 Å². The van der Waals surface area contributed by atoms with Gasteiger partial charge in [-0.1, -0.05) is 29.3 Å². The van der Waals surface area contributed by atoms with Crippen LogP contribution in [-0.2, 0) is 0 Å². The number of nitrogens with zero attached hydrogens (tertiary/aromatic N) is 4. The molecule has 0 atom stereocenters. The van der Waals surface area contributed by atoms with Gasteiger partial charge < -0.3 is 10.6 Å². The number of benzene rings is 2. The number of rotatable bonds is 5. The van der Waals surface area contributed by atoms with Crippen LogP contribution in [0.2, 0.25) is 10.0 Å². The van der Waals surface area contributed by atoms with Crippen LogP contribution in [0.4, 0.5) is 28.7 Å². The maximum absolute atomic E-state index is 11.8. The highest BCUT2D eigenvalue weighted by Gasteiger charge is 2.24. The first kappa shape index (κ1) is 18.9. The lowest BCUT2D eigenvalue weighted by atomic mass is 10.2. The third kappa shape index (κ3) is 4.03. The van der Waals surface area contributed by atoms with Gasteiger partial charge in [-0.3, -0.25) is 15.1 Å². The molecule has 0 radical (unpaired) electrons. The Labute approximate surface area is 174 Å². The van der Waals surface area contributed by atoms with Gasteiger partial charge in [-0.2, -0.15) is 0 Å². The van der Waals surface area contributed by atoms with Crippen molar-refractivity contribution in [1.82, 2.24) is 15.0 Å². The second kappa shape index (κ2) is 7.86. The molecule has 29 heavy (non-hydrogen) atoms. The van der Waals surface area contributed by atoms with Crippen molar-refractivity contribution in [1.29, 1.82) is 0 Å². The zero-order valence-corrected chi connectivity index (χ0v) is 16.1. The van der Waals surface area contributed by atoms with Gasteiger partial charge >= 0.3 is 5.69 Å². The van der Waals surface area contributed by atoms with Gasteiger partial charge in [-0.25, -0.2) is 9.97 Å². The number of nitrogens with one attached hydrogen (secondary N) is 2. The van der Waals surface area contributed by atoms with Crippen molar-refractivity contribution in [3.05, 3.63) is 81.2 Å². The van der Waals surface area contributed by atoms with Crippen molar-refractivity contribution in [2.75, 3.05) is 10.6 Å². The summed E-state index contributed by atoms with van der Waals surface area (Å²) in [7, 11) is 0. The molecule has 10 heteroatoms. The molecular weight excluding hydrogens is 415 g/mol. The van der Waals surface area contributed by atoms with Crippen LogP contribution in [0.25, 0.3) is 10.9 Å². The highest BCUT2D eigenvalue weighted by molar-refractivity contribution is 6.35. The van der Waals surface area contributed by atoms with Gasteiger partial charge in [-0.15, -0.1) is 0 Å². The minimum atomic E-state index is -0.555. The molecule has 4 rings (SSSR count). The largest absolute Gasteiger partial charge is 0.353 e. The van der Waals surface area contributed by atoms with Crippen LogP contribution >= 0.6 is 23.2 Å². The molecule has 0 saturated carbocycles. The molecule has 0 unspecified atom stereocenters. The van der Waals surface area contributed by atoms with Crippen LogP contribution in [0.3, 0.4) is 0 Å². The van der Waals surface area contributed by atoms with E-state index in [0.29, 0.717) is 21.4 Å². The Morgan fingerprint density at radius 1 is 0.897 bits per heavy atom. The van der Waals surface area contributed by atoms with E-state index in [4.69, 9.17) is 23.2 Å². The number of fused-ring (bicyclic) bond motifs is 1. The fourth-order valence-corrected chi connectivity index (χ4v) is 3.36. The van der Waals surface area contributed by atoms with Crippen LogP contribution in [-0.4, -0.2) is 19.9 Å². The Hall–Kier alpha value is -3.49. The third-order valence-electron chi connectivity index (χ3n) is 4.03. The lowest BCUT2D eigenvalue weighted by molar-refractivity contribution is -0.383. The summed E-state index contributed by atoms with van der Waals surface area (Å²) in [5.41, 5.74) is 1.53.